The lowest BCUT2D eigenvalue weighted by molar-refractivity contribution is -0.116. The highest BCUT2D eigenvalue weighted by Gasteiger charge is 2.24. The first-order valence-electron chi connectivity index (χ1n) is 9.30. The number of nitrogens with zero attached hydrogens (tertiary/aromatic N) is 5. The molecule has 2 aromatic rings. The summed E-state index contributed by atoms with van der Waals surface area (Å²) in [5.41, 5.74) is 0.670. The smallest absolute Gasteiger partial charge is 0.237 e. The van der Waals surface area contributed by atoms with Crippen molar-refractivity contribution in [2.45, 2.75) is 61.7 Å². The first-order valence-corrected chi connectivity index (χ1v) is 12.2. The molecule has 0 aliphatic heterocycles. The van der Waals surface area contributed by atoms with Gasteiger partial charge in [-0.1, -0.05) is 24.6 Å². The summed E-state index contributed by atoms with van der Waals surface area (Å²) >= 11 is 1.34. The maximum Gasteiger partial charge on any atom is 0.237 e. The van der Waals surface area contributed by atoms with Gasteiger partial charge in [-0.25, -0.2) is 13.1 Å². The number of amides is 1. The van der Waals surface area contributed by atoms with Gasteiger partial charge in [0.1, 0.15) is 0 Å². The summed E-state index contributed by atoms with van der Waals surface area (Å²) < 4.78 is 25.1. The third-order valence-corrected chi connectivity index (χ3v) is 6.83. The zero-order chi connectivity index (χ0) is 20.3. The molecule has 0 radical (unpaired) electrons. The molecule has 0 spiro atoms. The molecular weight excluding hydrogens is 398 g/mol. The van der Waals surface area contributed by atoms with Gasteiger partial charge in [-0.3, -0.25) is 4.79 Å². The van der Waals surface area contributed by atoms with Gasteiger partial charge in [0.15, 0.2) is 9.84 Å². The molecule has 0 saturated heterocycles. The molecule has 1 fully saturated rings. The number of anilines is 1. The van der Waals surface area contributed by atoms with Crippen molar-refractivity contribution in [2.75, 3.05) is 16.9 Å². The number of tetrazole rings is 1. The first kappa shape index (κ1) is 20.8. The van der Waals surface area contributed by atoms with Crippen molar-refractivity contribution >= 4 is 33.2 Å². The van der Waals surface area contributed by atoms with Gasteiger partial charge < -0.3 is 4.90 Å². The Morgan fingerprint density at radius 3 is 2.46 bits per heavy atom. The Kier molecular flexibility index (Phi) is 6.39. The lowest BCUT2D eigenvalue weighted by Gasteiger charge is -2.27. The van der Waals surface area contributed by atoms with E-state index in [4.69, 9.17) is 0 Å². The second-order valence-electron chi connectivity index (χ2n) is 7.26. The van der Waals surface area contributed by atoms with Crippen LogP contribution in [0.15, 0.2) is 34.3 Å². The number of carbonyl (C=O) groups excluding carboxylic acids is 1. The molecule has 0 unspecified atom stereocenters. The molecule has 8 nitrogen and oxygen atoms in total. The van der Waals surface area contributed by atoms with E-state index >= 15 is 0 Å². The number of thioether (sulfide) groups is 1. The van der Waals surface area contributed by atoms with Crippen LogP contribution < -0.4 is 4.90 Å². The number of carbonyl (C=O) groups is 1. The minimum Gasteiger partial charge on any atom is -0.309 e. The van der Waals surface area contributed by atoms with Gasteiger partial charge in [0.2, 0.25) is 11.1 Å². The van der Waals surface area contributed by atoms with Crippen molar-refractivity contribution in [3.05, 3.63) is 24.3 Å². The van der Waals surface area contributed by atoms with E-state index in [0.29, 0.717) is 16.9 Å². The monoisotopic (exact) mass is 423 g/mol. The van der Waals surface area contributed by atoms with Crippen molar-refractivity contribution in [1.82, 2.24) is 20.2 Å². The lowest BCUT2D eigenvalue weighted by atomic mass is 10.2. The van der Waals surface area contributed by atoms with Gasteiger partial charge in [-0.05, 0) is 61.4 Å². The Balaban J connectivity index is 1.71. The van der Waals surface area contributed by atoms with Crippen LogP contribution in [0.2, 0.25) is 0 Å². The second-order valence-corrected chi connectivity index (χ2v) is 10.2. The molecule has 1 aliphatic carbocycles. The van der Waals surface area contributed by atoms with Crippen molar-refractivity contribution in [2.24, 2.45) is 0 Å². The van der Waals surface area contributed by atoms with Crippen LogP contribution in [0.25, 0.3) is 0 Å². The molecule has 0 bridgehead atoms. The number of hydrogen-bond donors (Lipinski definition) is 0. The van der Waals surface area contributed by atoms with E-state index in [1.54, 1.807) is 17.0 Å². The van der Waals surface area contributed by atoms with Gasteiger partial charge in [-0.2, -0.15) is 0 Å². The minimum absolute atomic E-state index is 0.0667. The quantitative estimate of drug-likeness (QED) is 0.632. The van der Waals surface area contributed by atoms with Gasteiger partial charge in [-0.15, -0.1) is 5.10 Å². The molecule has 28 heavy (non-hydrogen) atoms. The molecular formula is C18H25N5O3S2. The lowest BCUT2D eigenvalue weighted by Crippen LogP contribution is -2.38. The highest BCUT2D eigenvalue weighted by molar-refractivity contribution is 7.99. The van der Waals surface area contributed by atoms with E-state index < -0.39 is 9.84 Å². The maximum atomic E-state index is 12.9. The summed E-state index contributed by atoms with van der Waals surface area (Å²) in [7, 11) is -3.27. The molecule has 1 saturated carbocycles. The third kappa shape index (κ3) is 4.72. The standard InChI is InChI=1S/C18H25N5O3S2/c1-13(2)22(14-8-10-16(11-9-14)28(3,25)26)17(24)12-27-18-19-20-21-23(18)15-6-4-5-7-15/h8-11,13,15H,4-7,12H2,1-3H3. The SMILES string of the molecule is CC(C)N(C(=O)CSc1nnnn1C1CCCC1)c1ccc(S(C)(=O)=O)cc1. The predicted molar refractivity (Wildman–Crippen MR) is 108 cm³/mol. The van der Waals surface area contributed by atoms with E-state index in [1.165, 1.54) is 43.0 Å². The van der Waals surface area contributed by atoms with E-state index in [-0.39, 0.29) is 22.6 Å². The van der Waals surface area contributed by atoms with Crippen LogP contribution in [0.1, 0.15) is 45.6 Å². The molecule has 152 valence electrons. The Labute approximate surface area is 169 Å². The summed E-state index contributed by atoms with van der Waals surface area (Å²) in [4.78, 5) is 14.8. The molecule has 1 aliphatic rings. The first-order chi connectivity index (χ1) is 13.3. The number of rotatable bonds is 7. The van der Waals surface area contributed by atoms with Crippen molar-refractivity contribution in [3.63, 3.8) is 0 Å². The predicted octanol–water partition coefficient (Wildman–Crippen LogP) is 2.73. The average molecular weight is 424 g/mol. The summed E-state index contributed by atoms with van der Waals surface area (Å²) in [5, 5.41) is 12.6. The van der Waals surface area contributed by atoms with Gasteiger partial charge in [0.05, 0.1) is 16.7 Å². The van der Waals surface area contributed by atoms with Crippen molar-refractivity contribution < 1.29 is 13.2 Å². The Morgan fingerprint density at radius 1 is 1.25 bits per heavy atom. The van der Waals surface area contributed by atoms with Crippen LogP contribution in [0, 0.1) is 0 Å². The van der Waals surface area contributed by atoms with Crippen LogP contribution in [0.4, 0.5) is 5.69 Å². The fraction of sp³-hybridized carbons (Fsp3) is 0.556. The fourth-order valence-corrected chi connectivity index (χ4v) is 4.87. The maximum absolute atomic E-state index is 12.9. The number of hydrogen-bond acceptors (Lipinski definition) is 7. The number of benzene rings is 1. The summed E-state index contributed by atoms with van der Waals surface area (Å²) in [6, 6.07) is 6.64. The van der Waals surface area contributed by atoms with Gasteiger partial charge in [0, 0.05) is 18.0 Å². The van der Waals surface area contributed by atoms with Crippen LogP contribution in [0.5, 0.6) is 0 Å². The van der Waals surface area contributed by atoms with E-state index in [9.17, 15) is 13.2 Å². The van der Waals surface area contributed by atoms with E-state index in [1.807, 2.05) is 18.5 Å². The van der Waals surface area contributed by atoms with E-state index in [0.717, 1.165) is 12.8 Å². The Bertz CT molecular complexity index is 919. The van der Waals surface area contributed by atoms with Crippen LogP contribution in [-0.2, 0) is 14.6 Å². The van der Waals surface area contributed by atoms with Gasteiger partial charge >= 0.3 is 0 Å². The third-order valence-electron chi connectivity index (χ3n) is 4.79. The van der Waals surface area contributed by atoms with Crippen molar-refractivity contribution in [3.8, 4) is 0 Å². The average Bonchev–Trinajstić information content (AvgIpc) is 3.30. The highest BCUT2D eigenvalue weighted by Crippen LogP contribution is 2.31. The highest BCUT2D eigenvalue weighted by atomic mass is 32.2. The normalized spacial score (nSPS) is 15.3. The molecule has 1 aromatic carbocycles. The largest absolute Gasteiger partial charge is 0.309 e. The van der Waals surface area contributed by atoms with E-state index in [2.05, 4.69) is 15.5 Å². The molecule has 1 heterocycles. The zero-order valence-corrected chi connectivity index (χ0v) is 17.9. The molecule has 3 rings (SSSR count). The molecule has 1 aromatic heterocycles. The Morgan fingerprint density at radius 2 is 1.89 bits per heavy atom. The second kappa shape index (κ2) is 8.60. The number of sulfone groups is 1. The van der Waals surface area contributed by atoms with Gasteiger partial charge in [0.25, 0.3) is 0 Å². The van der Waals surface area contributed by atoms with Crippen LogP contribution in [0.3, 0.4) is 0 Å². The summed E-state index contributed by atoms with van der Waals surface area (Å²) in [5.74, 6) is 0.132. The topological polar surface area (TPSA) is 98.1 Å². The number of aromatic nitrogens is 4. The van der Waals surface area contributed by atoms with Crippen LogP contribution >= 0.6 is 11.8 Å². The summed E-state index contributed by atoms with van der Waals surface area (Å²) in [6.45, 7) is 3.85. The molecule has 1 amide bonds. The molecule has 0 N–H and O–H groups in total. The zero-order valence-electron chi connectivity index (χ0n) is 16.3. The van der Waals surface area contributed by atoms with Crippen molar-refractivity contribution in [1.29, 1.82) is 0 Å². The Hall–Kier alpha value is -1.94. The minimum atomic E-state index is -3.27. The molecule has 10 heteroatoms. The fourth-order valence-electron chi connectivity index (χ4n) is 3.44. The van der Waals surface area contributed by atoms with Crippen LogP contribution in [-0.4, -0.2) is 52.6 Å². The summed E-state index contributed by atoms with van der Waals surface area (Å²) in [6.07, 6.45) is 5.66. The molecule has 0 atom stereocenters.